The summed E-state index contributed by atoms with van der Waals surface area (Å²) in [5, 5.41) is 20.0. The monoisotopic (exact) mass is 296 g/mol. The van der Waals surface area contributed by atoms with Crippen molar-refractivity contribution in [2.75, 3.05) is 18.0 Å². The minimum absolute atomic E-state index is 0.000278. The normalized spacial score (nSPS) is 9.85. The molecule has 0 unspecified atom stereocenters. The number of nitro groups is 1. The molecule has 0 heterocycles. The highest BCUT2D eigenvalue weighted by molar-refractivity contribution is 6.34. The van der Waals surface area contributed by atoms with Crippen LogP contribution in [0.15, 0.2) is 12.1 Å². The summed E-state index contributed by atoms with van der Waals surface area (Å²) >= 11 is 6.01. The first-order chi connectivity index (χ1) is 9.42. The maximum Gasteiger partial charge on any atom is 0.338 e. The molecular weight excluding hydrogens is 284 g/mol. The van der Waals surface area contributed by atoms with Crippen LogP contribution in [0, 0.1) is 22.5 Å². The molecule has 0 amide bonds. The summed E-state index contributed by atoms with van der Waals surface area (Å²) in [6.07, 6.45) is 5.99. The molecule has 1 aromatic carbocycles. The molecule has 6 nitrogen and oxygen atoms in total. The molecule has 0 spiro atoms. The Morgan fingerprint density at radius 3 is 2.70 bits per heavy atom. The number of hydrogen-bond donors (Lipinski definition) is 1. The Hall–Kier alpha value is -2.26. The van der Waals surface area contributed by atoms with E-state index in [-0.39, 0.29) is 28.5 Å². The van der Waals surface area contributed by atoms with Gasteiger partial charge in [0.2, 0.25) is 0 Å². The number of anilines is 1. The second-order valence-electron chi connectivity index (χ2n) is 4.01. The predicted molar refractivity (Wildman–Crippen MR) is 76.4 cm³/mol. The van der Waals surface area contributed by atoms with Gasteiger partial charge in [-0.15, -0.1) is 6.42 Å². The number of nitro benzene ring substituents is 1. The van der Waals surface area contributed by atoms with Crippen molar-refractivity contribution >= 4 is 28.9 Å². The van der Waals surface area contributed by atoms with Crippen molar-refractivity contribution in [2.45, 2.75) is 13.3 Å². The largest absolute Gasteiger partial charge is 0.478 e. The van der Waals surface area contributed by atoms with Gasteiger partial charge in [0, 0.05) is 18.7 Å². The van der Waals surface area contributed by atoms with Gasteiger partial charge in [0.05, 0.1) is 27.7 Å². The SMILES string of the molecule is C#CCN(CCC)c1c(Cl)cc([N+](=O)[O-])cc1C(=O)O. The lowest BCUT2D eigenvalue weighted by Gasteiger charge is -2.24. The first kappa shape index (κ1) is 15.8. The molecule has 0 saturated carbocycles. The molecule has 0 aliphatic rings. The van der Waals surface area contributed by atoms with Gasteiger partial charge in [-0.05, 0) is 6.42 Å². The fraction of sp³-hybridized carbons (Fsp3) is 0.308. The van der Waals surface area contributed by atoms with E-state index in [2.05, 4.69) is 5.92 Å². The fourth-order valence-electron chi connectivity index (χ4n) is 1.82. The molecule has 0 saturated heterocycles. The second kappa shape index (κ2) is 6.78. The Labute approximate surface area is 121 Å². The first-order valence-electron chi connectivity index (χ1n) is 5.82. The van der Waals surface area contributed by atoms with Crippen molar-refractivity contribution in [3.8, 4) is 12.3 Å². The van der Waals surface area contributed by atoms with Gasteiger partial charge in [0.15, 0.2) is 0 Å². The van der Waals surface area contributed by atoms with E-state index < -0.39 is 10.9 Å². The molecule has 0 fully saturated rings. The zero-order chi connectivity index (χ0) is 15.3. The van der Waals surface area contributed by atoms with E-state index in [1.54, 1.807) is 4.90 Å². The first-order valence-corrected chi connectivity index (χ1v) is 6.19. The summed E-state index contributed by atoms with van der Waals surface area (Å²) in [4.78, 5) is 23.0. The smallest absolute Gasteiger partial charge is 0.338 e. The molecule has 20 heavy (non-hydrogen) atoms. The Morgan fingerprint density at radius 1 is 1.60 bits per heavy atom. The molecule has 0 radical (unpaired) electrons. The summed E-state index contributed by atoms with van der Waals surface area (Å²) in [5.74, 6) is 1.13. The average molecular weight is 297 g/mol. The van der Waals surface area contributed by atoms with Crippen LogP contribution < -0.4 is 4.90 Å². The van der Waals surface area contributed by atoms with E-state index in [0.29, 0.717) is 6.54 Å². The van der Waals surface area contributed by atoms with Crippen molar-refractivity contribution in [2.24, 2.45) is 0 Å². The third-order valence-electron chi connectivity index (χ3n) is 2.58. The number of non-ortho nitro benzene ring substituents is 1. The predicted octanol–water partition coefficient (Wildman–Crippen LogP) is 2.80. The molecule has 0 aromatic heterocycles. The van der Waals surface area contributed by atoms with Crippen molar-refractivity contribution in [1.29, 1.82) is 0 Å². The average Bonchev–Trinajstić information content (AvgIpc) is 2.37. The number of terminal acetylenes is 1. The molecule has 1 rings (SSSR count). The summed E-state index contributed by atoms with van der Waals surface area (Å²) < 4.78 is 0. The number of carbonyl (C=O) groups is 1. The topological polar surface area (TPSA) is 83.7 Å². The zero-order valence-corrected chi connectivity index (χ0v) is 11.6. The number of aromatic carboxylic acids is 1. The Bertz CT molecular complexity index is 580. The third kappa shape index (κ3) is 3.39. The van der Waals surface area contributed by atoms with Gasteiger partial charge in [0.1, 0.15) is 0 Å². The van der Waals surface area contributed by atoms with Gasteiger partial charge in [0.25, 0.3) is 5.69 Å². The Morgan fingerprint density at radius 2 is 2.25 bits per heavy atom. The highest BCUT2D eigenvalue weighted by Crippen LogP contribution is 2.34. The summed E-state index contributed by atoms with van der Waals surface area (Å²) in [5.41, 5.74) is -0.384. The van der Waals surface area contributed by atoms with Crippen LogP contribution in [-0.2, 0) is 0 Å². The van der Waals surface area contributed by atoms with Crippen LogP contribution >= 0.6 is 11.6 Å². The molecule has 7 heteroatoms. The highest BCUT2D eigenvalue weighted by atomic mass is 35.5. The number of benzene rings is 1. The minimum atomic E-state index is -1.29. The second-order valence-corrected chi connectivity index (χ2v) is 4.42. The number of carboxylic acid groups (broad SMARTS) is 1. The summed E-state index contributed by atoms with van der Waals surface area (Å²) in [6, 6.07) is 2.12. The van der Waals surface area contributed by atoms with Crippen LogP contribution in [0.1, 0.15) is 23.7 Å². The van der Waals surface area contributed by atoms with Gasteiger partial charge in [-0.1, -0.05) is 24.4 Å². The highest BCUT2D eigenvalue weighted by Gasteiger charge is 2.23. The van der Waals surface area contributed by atoms with E-state index in [1.165, 1.54) is 0 Å². The maximum atomic E-state index is 11.3. The summed E-state index contributed by atoms with van der Waals surface area (Å²) in [7, 11) is 0. The lowest BCUT2D eigenvalue weighted by molar-refractivity contribution is -0.384. The van der Waals surface area contributed by atoms with Gasteiger partial charge in [-0.25, -0.2) is 4.79 Å². The number of halogens is 1. The number of hydrogen-bond acceptors (Lipinski definition) is 4. The molecule has 106 valence electrons. The minimum Gasteiger partial charge on any atom is -0.478 e. The van der Waals surface area contributed by atoms with Gasteiger partial charge in [-0.3, -0.25) is 10.1 Å². The van der Waals surface area contributed by atoms with Crippen LogP contribution in [0.5, 0.6) is 0 Å². The standard InChI is InChI=1S/C13H13ClN2O4/c1-3-5-15(6-4-2)12-10(13(17)18)7-9(16(19)20)8-11(12)14/h1,7-8H,4-6H2,2H3,(H,17,18). The van der Waals surface area contributed by atoms with Crippen molar-refractivity contribution in [1.82, 2.24) is 0 Å². The number of nitrogens with zero attached hydrogens (tertiary/aromatic N) is 2. The van der Waals surface area contributed by atoms with Crippen LogP contribution in [0.2, 0.25) is 5.02 Å². The molecule has 1 aromatic rings. The van der Waals surface area contributed by atoms with Crippen LogP contribution in [-0.4, -0.2) is 29.1 Å². The lowest BCUT2D eigenvalue weighted by Crippen LogP contribution is -2.26. The maximum absolute atomic E-state index is 11.3. The molecular formula is C13H13ClN2O4. The van der Waals surface area contributed by atoms with E-state index in [1.807, 2.05) is 6.92 Å². The van der Waals surface area contributed by atoms with Crippen LogP contribution in [0.25, 0.3) is 0 Å². The van der Waals surface area contributed by atoms with Crippen molar-refractivity contribution in [3.63, 3.8) is 0 Å². The van der Waals surface area contributed by atoms with Gasteiger partial charge >= 0.3 is 5.97 Å². The number of carboxylic acids is 1. The molecule has 0 aliphatic carbocycles. The molecule has 0 bridgehead atoms. The van der Waals surface area contributed by atoms with Crippen molar-refractivity contribution in [3.05, 3.63) is 32.8 Å². The van der Waals surface area contributed by atoms with Crippen LogP contribution in [0.3, 0.4) is 0 Å². The van der Waals surface area contributed by atoms with E-state index in [9.17, 15) is 20.0 Å². The Balaban J connectivity index is 3.47. The van der Waals surface area contributed by atoms with Gasteiger partial charge in [-0.2, -0.15) is 0 Å². The van der Waals surface area contributed by atoms with Gasteiger partial charge < -0.3 is 10.0 Å². The zero-order valence-electron chi connectivity index (χ0n) is 10.8. The molecule has 0 atom stereocenters. The van der Waals surface area contributed by atoms with E-state index >= 15 is 0 Å². The van der Waals surface area contributed by atoms with E-state index in [0.717, 1.165) is 18.6 Å². The van der Waals surface area contributed by atoms with Crippen molar-refractivity contribution < 1.29 is 14.8 Å². The lowest BCUT2D eigenvalue weighted by atomic mass is 10.1. The molecule has 1 N–H and O–H groups in total. The number of rotatable bonds is 6. The Kier molecular flexibility index (Phi) is 5.35. The molecule has 0 aliphatic heterocycles. The van der Waals surface area contributed by atoms with Crippen LogP contribution in [0.4, 0.5) is 11.4 Å². The fourth-order valence-corrected chi connectivity index (χ4v) is 2.16. The summed E-state index contributed by atoms with van der Waals surface area (Å²) in [6.45, 7) is 2.58. The van der Waals surface area contributed by atoms with E-state index in [4.69, 9.17) is 18.0 Å². The quantitative estimate of drug-likeness (QED) is 0.496. The third-order valence-corrected chi connectivity index (χ3v) is 2.87.